The fraction of sp³-hybridized carbons (Fsp3) is 0.500. The summed E-state index contributed by atoms with van der Waals surface area (Å²) in [5.41, 5.74) is 1.35. The van der Waals surface area contributed by atoms with Gasteiger partial charge in [-0.1, -0.05) is 34.1 Å². The molecule has 92 valence electrons. The fourth-order valence-electron chi connectivity index (χ4n) is 1.65. The first-order valence-corrected chi connectivity index (χ1v) is 6.57. The molecule has 0 saturated carbocycles. The number of hydrogen-bond donors (Lipinski definition) is 1. The van der Waals surface area contributed by atoms with Crippen LogP contribution in [0.3, 0.4) is 0 Å². The molecule has 4 heteroatoms. The van der Waals surface area contributed by atoms with Gasteiger partial charge in [-0.15, -0.1) is 11.6 Å². The zero-order valence-electron chi connectivity index (χ0n) is 9.64. The molecule has 1 rings (SSSR count). The van der Waals surface area contributed by atoms with Gasteiger partial charge in [-0.2, -0.15) is 0 Å². The van der Waals surface area contributed by atoms with Crippen molar-refractivity contribution in [1.29, 1.82) is 0 Å². The molecule has 1 aromatic carbocycles. The standard InChI is InChI=1S/C12H17BrClN.ClH/c1-3-15(8-10(2)14)9-11-6-4-5-7-12(11)13;/h4-7,10H,3,8-9H2,1-2H3;1H. The Bertz CT molecular complexity index is 305. The first-order valence-electron chi connectivity index (χ1n) is 5.34. The molecular formula is C12H18BrCl2N. The van der Waals surface area contributed by atoms with Gasteiger partial charge in [-0.3, -0.25) is 0 Å². The summed E-state index contributed by atoms with van der Waals surface area (Å²) in [5, 5.41) is 0.238. The van der Waals surface area contributed by atoms with Crippen molar-refractivity contribution in [2.24, 2.45) is 0 Å². The molecule has 0 spiro atoms. The smallest absolute Gasteiger partial charge is 0.104 e. The summed E-state index contributed by atoms with van der Waals surface area (Å²) in [4.78, 5) is 1.52. The monoisotopic (exact) mass is 325 g/mol. The van der Waals surface area contributed by atoms with Crippen LogP contribution in [-0.4, -0.2) is 18.5 Å². The van der Waals surface area contributed by atoms with Crippen LogP contribution in [0.5, 0.6) is 0 Å². The summed E-state index contributed by atoms with van der Waals surface area (Å²) in [7, 11) is 0. The lowest BCUT2D eigenvalue weighted by Gasteiger charge is -2.19. The quantitative estimate of drug-likeness (QED) is 0.695. The van der Waals surface area contributed by atoms with E-state index >= 15 is 0 Å². The van der Waals surface area contributed by atoms with Gasteiger partial charge in [0.25, 0.3) is 0 Å². The van der Waals surface area contributed by atoms with E-state index < -0.39 is 0 Å². The summed E-state index contributed by atoms with van der Waals surface area (Å²) >= 11 is 9.60. The molecule has 1 N–H and O–H groups in total. The number of halogens is 3. The van der Waals surface area contributed by atoms with Crippen molar-refractivity contribution in [2.45, 2.75) is 25.8 Å². The van der Waals surface area contributed by atoms with Gasteiger partial charge in [0.05, 0.1) is 18.5 Å². The van der Waals surface area contributed by atoms with Crippen molar-refractivity contribution < 1.29 is 17.3 Å². The molecule has 16 heavy (non-hydrogen) atoms. The molecule has 0 fully saturated rings. The zero-order chi connectivity index (χ0) is 11.3. The van der Waals surface area contributed by atoms with Crippen molar-refractivity contribution in [3.05, 3.63) is 34.3 Å². The molecular weight excluding hydrogens is 309 g/mol. The zero-order valence-corrected chi connectivity index (χ0v) is 12.7. The molecule has 0 aliphatic rings. The van der Waals surface area contributed by atoms with Crippen LogP contribution in [0, 0.1) is 0 Å². The highest BCUT2D eigenvalue weighted by molar-refractivity contribution is 9.10. The number of nitrogens with one attached hydrogen (secondary N) is 1. The molecule has 1 nitrogen and oxygen atoms in total. The molecule has 0 heterocycles. The lowest BCUT2D eigenvalue weighted by atomic mass is 10.2. The Morgan fingerprint density at radius 1 is 1.38 bits per heavy atom. The van der Waals surface area contributed by atoms with Crippen molar-refractivity contribution in [1.82, 2.24) is 0 Å². The van der Waals surface area contributed by atoms with Gasteiger partial charge in [-0.25, -0.2) is 0 Å². The van der Waals surface area contributed by atoms with Gasteiger partial charge in [0, 0.05) is 10.0 Å². The third kappa shape index (κ3) is 5.53. The molecule has 0 saturated heterocycles. The van der Waals surface area contributed by atoms with Gasteiger partial charge in [0.2, 0.25) is 0 Å². The summed E-state index contributed by atoms with van der Waals surface area (Å²) in [5.74, 6) is 0. The Kier molecular flexibility index (Phi) is 8.47. The minimum absolute atomic E-state index is 0. The van der Waals surface area contributed by atoms with E-state index in [9.17, 15) is 0 Å². The Balaban J connectivity index is 0.00000225. The molecule has 0 aromatic heterocycles. The summed E-state index contributed by atoms with van der Waals surface area (Å²) in [6.45, 7) is 7.41. The molecule has 1 aromatic rings. The molecule has 0 radical (unpaired) electrons. The lowest BCUT2D eigenvalue weighted by molar-refractivity contribution is -0.911. The number of hydrogen-bond acceptors (Lipinski definition) is 0. The molecule has 0 aliphatic heterocycles. The van der Waals surface area contributed by atoms with E-state index in [1.54, 1.807) is 0 Å². The van der Waals surface area contributed by atoms with Gasteiger partial charge in [0.1, 0.15) is 6.54 Å². The Morgan fingerprint density at radius 3 is 2.50 bits per heavy atom. The van der Waals surface area contributed by atoms with Gasteiger partial charge in [-0.05, 0) is 19.9 Å². The van der Waals surface area contributed by atoms with E-state index in [-0.39, 0.29) is 17.8 Å². The SMILES string of the molecule is CC[NH+](Cc1ccccc1Br)CC(C)Cl.[Cl-]. The first-order chi connectivity index (χ1) is 7.13. The Labute approximate surface area is 118 Å². The molecule has 0 bridgehead atoms. The van der Waals surface area contributed by atoms with Gasteiger partial charge < -0.3 is 17.3 Å². The van der Waals surface area contributed by atoms with Gasteiger partial charge in [0.15, 0.2) is 0 Å². The van der Waals surface area contributed by atoms with Crippen molar-refractivity contribution in [3.8, 4) is 0 Å². The van der Waals surface area contributed by atoms with Crippen LogP contribution in [0.4, 0.5) is 0 Å². The van der Waals surface area contributed by atoms with Crippen LogP contribution in [0.2, 0.25) is 0 Å². The molecule has 2 atom stereocenters. The van der Waals surface area contributed by atoms with Crippen LogP contribution in [-0.2, 0) is 6.54 Å². The average molecular weight is 327 g/mol. The molecule has 0 aliphatic carbocycles. The van der Waals surface area contributed by atoms with Crippen LogP contribution < -0.4 is 17.3 Å². The number of alkyl halides is 1. The molecule has 2 unspecified atom stereocenters. The van der Waals surface area contributed by atoms with Crippen LogP contribution in [0.1, 0.15) is 19.4 Å². The minimum Gasteiger partial charge on any atom is -1.00 e. The first kappa shape index (κ1) is 16.2. The third-order valence-electron chi connectivity index (χ3n) is 2.47. The maximum absolute atomic E-state index is 6.02. The van der Waals surface area contributed by atoms with Crippen molar-refractivity contribution in [2.75, 3.05) is 13.1 Å². The second-order valence-electron chi connectivity index (χ2n) is 3.86. The molecule has 0 amide bonds. The van der Waals surface area contributed by atoms with Crippen LogP contribution >= 0.6 is 27.5 Å². The number of benzene rings is 1. The summed E-state index contributed by atoms with van der Waals surface area (Å²) in [6, 6.07) is 8.38. The number of quaternary nitrogens is 1. The van der Waals surface area contributed by atoms with E-state index in [0.717, 1.165) is 19.6 Å². The minimum atomic E-state index is 0. The predicted octanol–water partition coefficient (Wildman–Crippen LogP) is -0.515. The second kappa shape index (κ2) is 8.35. The predicted molar refractivity (Wildman–Crippen MR) is 69.5 cm³/mol. The van der Waals surface area contributed by atoms with Gasteiger partial charge >= 0.3 is 0 Å². The highest BCUT2D eigenvalue weighted by Crippen LogP contribution is 2.14. The van der Waals surface area contributed by atoms with Crippen molar-refractivity contribution >= 4 is 27.5 Å². The van der Waals surface area contributed by atoms with E-state index in [1.807, 2.05) is 6.07 Å². The van der Waals surface area contributed by atoms with Crippen LogP contribution in [0.25, 0.3) is 0 Å². The number of rotatable bonds is 5. The van der Waals surface area contributed by atoms with Crippen LogP contribution in [0.15, 0.2) is 28.7 Å². The fourth-order valence-corrected chi connectivity index (χ4v) is 2.29. The summed E-state index contributed by atoms with van der Waals surface area (Å²) in [6.07, 6.45) is 0. The Hall–Kier alpha value is 0.240. The Morgan fingerprint density at radius 2 is 2.00 bits per heavy atom. The average Bonchev–Trinajstić information content (AvgIpc) is 2.19. The maximum Gasteiger partial charge on any atom is 0.104 e. The maximum atomic E-state index is 6.02. The normalized spacial score (nSPS) is 14.0. The van der Waals surface area contributed by atoms with E-state index in [2.05, 4.69) is 48.0 Å². The second-order valence-corrected chi connectivity index (χ2v) is 5.46. The van der Waals surface area contributed by atoms with Crippen molar-refractivity contribution in [3.63, 3.8) is 0 Å². The lowest BCUT2D eigenvalue weighted by Crippen LogP contribution is -3.11. The topological polar surface area (TPSA) is 4.44 Å². The van der Waals surface area contributed by atoms with E-state index in [0.29, 0.717) is 0 Å². The highest BCUT2D eigenvalue weighted by atomic mass is 79.9. The van der Waals surface area contributed by atoms with E-state index in [4.69, 9.17) is 11.6 Å². The largest absolute Gasteiger partial charge is 1.00 e. The summed E-state index contributed by atoms with van der Waals surface area (Å²) < 4.78 is 1.19. The van der Waals surface area contributed by atoms with E-state index in [1.165, 1.54) is 14.9 Å². The third-order valence-corrected chi connectivity index (χ3v) is 3.40. The highest BCUT2D eigenvalue weighted by Gasteiger charge is 2.11.